The smallest absolute Gasteiger partial charge is 0.191 e. The lowest BCUT2D eigenvalue weighted by Crippen LogP contribution is -2.45. The van der Waals surface area contributed by atoms with Gasteiger partial charge in [-0.1, -0.05) is 6.07 Å². The Morgan fingerprint density at radius 3 is 2.75 bits per heavy atom. The second-order valence-corrected chi connectivity index (χ2v) is 8.38. The molecule has 2 aliphatic heterocycles. The van der Waals surface area contributed by atoms with Crippen LogP contribution in [0.3, 0.4) is 0 Å². The summed E-state index contributed by atoms with van der Waals surface area (Å²) in [5, 5.41) is 6.78. The number of anilines is 1. The number of nitrogens with one attached hydrogen (secondary N) is 2. The van der Waals surface area contributed by atoms with E-state index in [1.165, 1.54) is 5.56 Å². The van der Waals surface area contributed by atoms with Gasteiger partial charge in [0.1, 0.15) is 5.82 Å². The van der Waals surface area contributed by atoms with E-state index in [2.05, 4.69) is 45.5 Å². The van der Waals surface area contributed by atoms with Gasteiger partial charge in [-0.2, -0.15) is 0 Å². The summed E-state index contributed by atoms with van der Waals surface area (Å²) in [7, 11) is 2.17. The van der Waals surface area contributed by atoms with Crippen molar-refractivity contribution in [3.8, 4) is 0 Å². The van der Waals surface area contributed by atoms with Gasteiger partial charge in [0.15, 0.2) is 5.96 Å². The quantitative estimate of drug-likeness (QED) is 0.197. The molecule has 0 aliphatic carbocycles. The van der Waals surface area contributed by atoms with Crippen molar-refractivity contribution in [2.75, 3.05) is 77.6 Å². The van der Waals surface area contributed by atoms with Gasteiger partial charge in [0.2, 0.25) is 0 Å². The maximum Gasteiger partial charge on any atom is 0.191 e. The van der Waals surface area contributed by atoms with Crippen molar-refractivity contribution in [2.45, 2.75) is 32.7 Å². The molecule has 0 unspecified atom stereocenters. The first-order valence-corrected chi connectivity index (χ1v) is 11.8. The van der Waals surface area contributed by atoms with E-state index >= 15 is 0 Å². The molecule has 1 aromatic rings. The molecule has 8 nitrogen and oxygen atoms in total. The van der Waals surface area contributed by atoms with Crippen LogP contribution in [0, 0.1) is 5.92 Å². The van der Waals surface area contributed by atoms with Crippen LogP contribution in [-0.4, -0.2) is 88.6 Å². The van der Waals surface area contributed by atoms with Gasteiger partial charge in [-0.05, 0) is 45.2 Å². The van der Waals surface area contributed by atoms with Gasteiger partial charge in [-0.25, -0.2) is 9.98 Å². The molecule has 182 valence electrons. The molecular weight excluding hydrogens is 519 g/mol. The molecule has 1 aromatic heterocycles. The van der Waals surface area contributed by atoms with Gasteiger partial charge in [0.05, 0.1) is 6.54 Å². The fourth-order valence-corrected chi connectivity index (χ4v) is 3.91. The highest BCUT2D eigenvalue weighted by atomic mass is 127. The summed E-state index contributed by atoms with van der Waals surface area (Å²) in [5.41, 5.74) is 1.17. The van der Waals surface area contributed by atoms with Crippen molar-refractivity contribution in [1.82, 2.24) is 20.5 Å². The van der Waals surface area contributed by atoms with E-state index in [-0.39, 0.29) is 24.0 Å². The minimum absolute atomic E-state index is 0. The van der Waals surface area contributed by atoms with Gasteiger partial charge in [-0.3, -0.25) is 0 Å². The van der Waals surface area contributed by atoms with Crippen molar-refractivity contribution >= 4 is 35.8 Å². The van der Waals surface area contributed by atoms with Crippen LogP contribution in [0.25, 0.3) is 0 Å². The zero-order valence-corrected chi connectivity index (χ0v) is 22.1. The van der Waals surface area contributed by atoms with Crippen LogP contribution in [-0.2, 0) is 16.0 Å². The van der Waals surface area contributed by atoms with E-state index in [0.29, 0.717) is 12.5 Å². The molecule has 0 radical (unpaired) electrons. The molecule has 3 rings (SSSR count). The number of likely N-dealkylation sites (N-methyl/N-ethyl adjacent to an activating group) is 1. The fraction of sp³-hybridized carbons (Fsp3) is 0.739. The summed E-state index contributed by atoms with van der Waals surface area (Å²) >= 11 is 0. The molecule has 0 amide bonds. The third-order valence-electron chi connectivity index (χ3n) is 5.87. The number of ether oxygens (including phenoxy) is 2. The van der Waals surface area contributed by atoms with E-state index in [4.69, 9.17) is 14.5 Å². The normalized spacial score (nSPS) is 18.3. The minimum Gasteiger partial charge on any atom is -0.381 e. The third kappa shape index (κ3) is 9.36. The van der Waals surface area contributed by atoms with E-state index < -0.39 is 0 Å². The topological polar surface area (TPSA) is 74.3 Å². The van der Waals surface area contributed by atoms with Crippen molar-refractivity contribution in [2.24, 2.45) is 10.9 Å². The van der Waals surface area contributed by atoms with Gasteiger partial charge >= 0.3 is 0 Å². The molecule has 2 fully saturated rings. The van der Waals surface area contributed by atoms with E-state index in [0.717, 1.165) is 96.7 Å². The maximum atomic E-state index is 5.86. The molecule has 0 atom stereocenters. The zero-order chi connectivity index (χ0) is 21.7. The van der Waals surface area contributed by atoms with Crippen molar-refractivity contribution in [3.63, 3.8) is 0 Å². The number of guanidine groups is 1. The van der Waals surface area contributed by atoms with Crippen molar-refractivity contribution < 1.29 is 9.47 Å². The predicted molar refractivity (Wildman–Crippen MR) is 141 cm³/mol. The second-order valence-electron chi connectivity index (χ2n) is 8.38. The number of rotatable bonds is 10. The highest BCUT2D eigenvalue weighted by Gasteiger charge is 2.18. The Morgan fingerprint density at radius 2 is 2.00 bits per heavy atom. The first-order valence-electron chi connectivity index (χ1n) is 11.8. The molecule has 0 spiro atoms. The molecule has 2 saturated heterocycles. The van der Waals surface area contributed by atoms with Gasteiger partial charge in [0, 0.05) is 77.5 Å². The Bertz CT molecular complexity index is 664. The number of hydrogen-bond donors (Lipinski definition) is 2. The largest absolute Gasteiger partial charge is 0.381 e. The van der Waals surface area contributed by atoms with E-state index in [9.17, 15) is 0 Å². The van der Waals surface area contributed by atoms with Crippen LogP contribution in [0.15, 0.2) is 23.3 Å². The van der Waals surface area contributed by atoms with Gasteiger partial charge in [-0.15, -0.1) is 24.0 Å². The number of pyridine rings is 1. The lowest BCUT2D eigenvalue weighted by molar-refractivity contribution is 0.0203. The van der Waals surface area contributed by atoms with Crippen LogP contribution < -0.4 is 15.5 Å². The number of aromatic nitrogens is 1. The summed E-state index contributed by atoms with van der Waals surface area (Å²) < 4.78 is 11.3. The zero-order valence-electron chi connectivity index (χ0n) is 19.7. The molecule has 0 bridgehead atoms. The molecule has 2 N–H and O–H groups in total. The first-order chi connectivity index (χ1) is 15.3. The average Bonchev–Trinajstić information content (AvgIpc) is 2.81. The SMILES string of the molecule is CCNC(=NCc1cccnc1N1CCN(C)CC1)NCCCOCC1CCOCC1.I. The monoisotopic (exact) mass is 560 g/mol. The molecule has 0 aromatic carbocycles. The maximum absolute atomic E-state index is 5.86. The second kappa shape index (κ2) is 15.6. The number of nitrogens with zero attached hydrogens (tertiary/aromatic N) is 4. The van der Waals surface area contributed by atoms with Crippen molar-refractivity contribution in [3.05, 3.63) is 23.9 Å². The summed E-state index contributed by atoms with van der Waals surface area (Å²) in [4.78, 5) is 14.2. The number of piperazine rings is 1. The number of hydrogen-bond acceptors (Lipinski definition) is 6. The van der Waals surface area contributed by atoms with Crippen LogP contribution in [0.1, 0.15) is 31.7 Å². The molecule has 9 heteroatoms. The lowest BCUT2D eigenvalue weighted by atomic mass is 10.0. The van der Waals surface area contributed by atoms with Crippen LogP contribution in [0.2, 0.25) is 0 Å². The number of halogens is 1. The van der Waals surface area contributed by atoms with Crippen LogP contribution >= 0.6 is 24.0 Å². The predicted octanol–water partition coefficient (Wildman–Crippen LogP) is 2.34. The lowest BCUT2D eigenvalue weighted by Gasteiger charge is -2.34. The molecule has 3 heterocycles. The third-order valence-corrected chi connectivity index (χ3v) is 5.87. The Hall–Kier alpha value is -1.17. The van der Waals surface area contributed by atoms with Gasteiger partial charge < -0.3 is 29.9 Å². The summed E-state index contributed by atoms with van der Waals surface area (Å²) in [6.45, 7) is 11.9. The molecule has 32 heavy (non-hydrogen) atoms. The molecular formula is C23H41IN6O2. The van der Waals surface area contributed by atoms with E-state index in [1.54, 1.807) is 0 Å². The Morgan fingerprint density at radius 1 is 1.22 bits per heavy atom. The summed E-state index contributed by atoms with van der Waals surface area (Å²) in [6.07, 6.45) is 5.09. The average molecular weight is 561 g/mol. The Labute approximate surface area is 210 Å². The highest BCUT2D eigenvalue weighted by Crippen LogP contribution is 2.19. The fourth-order valence-electron chi connectivity index (χ4n) is 3.91. The molecule has 0 saturated carbocycles. The first kappa shape index (κ1) is 27.1. The van der Waals surface area contributed by atoms with Crippen molar-refractivity contribution in [1.29, 1.82) is 0 Å². The van der Waals surface area contributed by atoms with Crippen LogP contribution in [0.4, 0.5) is 5.82 Å². The van der Waals surface area contributed by atoms with Gasteiger partial charge in [0.25, 0.3) is 0 Å². The highest BCUT2D eigenvalue weighted by molar-refractivity contribution is 14.0. The summed E-state index contributed by atoms with van der Waals surface area (Å²) in [5.74, 6) is 2.58. The Balaban J connectivity index is 0.00000363. The Kier molecular flexibility index (Phi) is 13.2. The van der Waals surface area contributed by atoms with Crippen LogP contribution in [0.5, 0.6) is 0 Å². The standard InChI is InChI=1S/C23H40N6O2.HI/c1-3-24-23(26-10-5-15-31-19-20-7-16-30-17-8-20)27-18-21-6-4-9-25-22(21)29-13-11-28(2)12-14-29;/h4,6,9,20H,3,5,7-8,10-19H2,1-2H3,(H2,24,26,27);1H. The van der Waals surface area contributed by atoms with E-state index in [1.807, 2.05) is 12.3 Å². The minimum atomic E-state index is 0. The summed E-state index contributed by atoms with van der Waals surface area (Å²) in [6, 6.07) is 4.14. The molecule has 2 aliphatic rings. The number of aliphatic imine (C=N–C) groups is 1.